The minimum absolute atomic E-state index is 0. The number of aliphatic hydroxyl groups is 1. The Kier molecular flexibility index (Phi) is 6.34. The summed E-state index contributed by atoms with van der Waals surface area (Å²) in [5.41, 5.74) is 3.75. The first-order valence-corrected chi connectivity index (χ1v) is 6.76. The maximum atomic E-state index is 12.1. The number of carbonyl (C=O) groups excluding carboxylic acids is 1. The molecule has 0 radical (unpaired) electrons. The van der Waals surface area contributed by atoms with Crippen LogP contribution in [0.3, 0.4) is 0 Å². The number of Topliss-reactive ketones (excluding diaryl/α,β-unsaturated/α-hetero) is 1. The van der Waals surface area contributed by atoms with Crippen LogP contribution < -0.4 is 21.5 Å². The molecule has 0 saturated carbocycles. The Morgan fingerprint density at radius 3 is 2.63 bits per heavy atom. The van der Waals surface area contributed by atoms with Crippen molar-refractivity contribution in [1.82, 2.24) is 0 Å². The number of halogens is 1. The number of aliphatic hydroxyl groups excluding tert-OH is 1. The lowest BCUT2D eigenvalue weighted by Gasteiger charge is -1.97. The molecule has 0 saturated heterocycles. The highest BCUT2D eigenvalue weighted by molar-refractivity contribution is 7.09. The largest absolute Gasteiger partial charge is 1.00 e. The highest BCUT2D eigenvalue weighted by Gasteiger charge is 2.18. The molecule has 19 heavy (non-hydrogen) atoms. The number of benzene rings is 1. The van der Waals surface area contributed by atoms with Crippen molar-refractivity contribution in [3.8, 4) is 0 Å². The molecule has 2 aromatic rings. The van der Waals surface area contributed by atoms with Crippen LogP contribution in [0, 0.1) is 6.92 Å². The van der Waals surface area contributed by atoms with E-state index in [0.29, 0.717) is 13.0 Å². The quantitative estimate of drug-likeness (QED) is 0.546. The van der Waals surface area contributed by atoms with Gasteiger partial charge in [0.25, 0.3) is 0 Å². The molecular formula is C14H16BrNO2S. The van der Waals surface area contributed by atoms with Crippen molar-refractivity contribution >= 4 is 17.1 Å². The number of carbonyl (C=O) groups is 1. The van der Waals surface area contributed by atoms with E-state index in [1.165, 1.54) is 0 Å². The summed E-state index contributed by atoms with van der Waals surface area (Å²) in [4.78, 5) is 13.2. The second kappa shape index (κ2) is 7.53. The van der Waals surface area contributed by atoms with Crippen molar-refractivity contribution in [3.63, 3.8) is 0 Å². The third-order valence-corrected chi connectivity index (χ3v) is 4.05. The lowest BCUT2D eigenvalue weighted by Crippen LogP contribution is -3.00. The van der Waals surface area contributed by atoms with E-state index in [2.05, 4.69) is 0 Å². The van der Waals surface area contributed by atoms with Crippen LogP contribution in [0.5, 0.6) is 0 Å². The number of hydrogen-bond donors (Lipinski definition) is 1. The van der Waals surface area contributed by atoms with Crippen molar-refractivity contribution in [2.24, 2.45) is 0 Å². The van der Waals surface area contributed by atoms with Gasteiger partial charge in [0.15, 0.2) is 5.69 Å². The zero-order chi connectivity index (χ0) is 13.0. The fourth-order valence-corrected chi connectivity index (χ4v) is 2.80. The number of nitrogens with zero attached hydrogens (tertiary/aromatic N) is 1. The Morgan fingerprint density at radius 1 is 1.32 bits per heavy atom. The van der Waals surface area contributed by atoms with Crippen molar-refractivity contribution < 1.29 is 31.4 Å². The molecule has 0 aliphatic heterocycles. The summed E-state index contributed by atoms with van der Waals surface area (Å²) in [7, 11) is 0. The fraction of sp³-hybridized carbons (Fsp3) is 0.286. The summed E-state index contributed by atoms with van der Waals surface area (Å²) in [6.07, 6.45) is 0.656. The van der Waals surface area contributed by atoms with Crippen molar-refractivity contribution in [1.29, 1.82) is 0 Å². The standard InChI is InChI=1S/C14H16NO2S.BrH/c1-11-14(7-8-16)18-10-15(11)9-13(17)12-5-3-2-4-6-12;/h2-6,10,16H,7-9H2,1H3;1H/q+1;/p-1. The van der Waals surface area contributed by atoms with Crippen LogP contribution in [0.25, 0.3) is 0 Å². The highest BCUT2D eigenvalue weighted by Crippen LogP contribution is 2.11. The third-order valence-electron chi connectivity index (χ3n) is 2.91. The van der Waals surface area contributed by atoms with Gasteiger partial charge in [-0.2, -0.15) is 4.57 Å². The first-order chi connectivity index (χ1) is 8.72. The molecule has 1 aromatic carbocycles. The van der Waals surface area contributed by atoms with Crippen LogP contribution in [-0.2, 0) is 13.0 Å². The first kappa shape index (κ1) is 16.0. The van der Waals surface area contributed by atoms with Crippen LogP contribution in [0.15, 0.2) is 35.8 Å². The van der Waals surface area contributed by atoms with E-state index in [4.69, 9.17) is 5.11 Å². The van der Waals surface area contributed by atoms with Crippen molar-refractivity contribution in [3.05, 3.63) is 52.0 Å². The molecule has 1 aromatic heterocycles. The van der Waals surface area contributed by atoms with Gasteiger partial charge in [0.05, 0.1) is 4.88 Å². The molecule has 0 amide bonds. The van der Waals surface area contributed by atoms with Gasteiger partial charge in [0.2, 0.25) is 17.8 Å². The number of rotatable bonds is 5. The Labute approximate surface area is 127 Å². The van der Waals surface area contributed by atoms with Crippen LogP contribution in [0.2, 0.25) is 0 Å². The third kappa shape index (κ3) is 3.96. The fourth-order valence-electron chi connectivity index (χ4n) is 1.82. The van der Waals surface area contributed by atoms with E-state index in [0.717, 1.165) is 16.1 Å². The van der Waals surface area contributed by atoms with Gasteiger partial charge < -0.3 is 22.1 Å². The lowest BCUT2D eigenvalue weighted by molar-refractivity contribution is -0.684. The molecule has 0 aliphatic rings. The number of hydrogen-bond acceptors (Lipinski definition) is 3. The second-order valence-corrected chi connectivity index (χ2v) is 5.06. The maximum Gasteiger partial charge on any atom is 0.227 e. The SMILES string of the molecule is Cc1c(CCO)sc[n+]1CC(=O)c1ccccc1.[Br-]. The summed E-state index contributed by atoms with van der Waals surface area (Å²) in [5.74, 6) is 0.108. The summed E-state index contributed by atoms with van der Waals surface area (Å²) in [6.45, 7) is 2.49. The van der Waals surface area contributed by atoms with Gasteiger partial charge in [-0.25, -0.2) is 0 Å². The Morgan fingerprint density at radius 2 is 2.00 bits per heavy atom. The molecule has 5 heteroatoms. The molecule has 1 N–H and O–H groups in total. The molecule has 102 valence electrons. The molecule has 0 atom stereocenters. The summed E-state index contributed by atoms with van der Waals surface area (Å²) in [6, 6.07) is 9.31. The van der Waals surface area contributed by atoms with Crippen LogP contribution in [0.4, 0.5) is 0 Å². The molecule has 0 unspecified atom stereocenters. The molecule has 0 spiro atoms. The Bertz CT molecular complexity index is 540. The van der Waals surface area contributed by atoms with Crippen molar-refractivity contribution in [2.75, 3.05) is 6.61 Å². The maximum absolute atomic E-state index is 12.1. The second-order valence-electron chi connectivity index (χ2n) is 4.12. The number of ketones is 1. The first-order valence-electron chi connectivity index (χ1n) is 5.88. The minimum Gasteiger partial charge on any atom is -1.00 e. The van der Waals surface area contributed by atoms with E-state index >= 15 is 0 Å². The molecular weight excluding hydrogens is 326 g/mol. The van der Waals surface area contributed by atoms with Crippen LogP contribution >= 0.6 is 11.3 Å². The van der Waals surface area contributed by atoms with Crippen LogP contribution in [-0.4, -0.2) is 17.5 Å². The Hall–Kier alpha value is -1.04. The van der Waals surface area contributed by atoms with Gasteiger partial charge in [-0.15, -0.1) is 0 Å². The van der Waals surface area contributed by atoms with Crippen LogP contribution in [0.1, 0.15) is 20.9 Å². The average Bonchev–Trinajstić information content (AvgIpc) is 2.73. The van der Waals surface area contributed by atoms with Gasteiger partial charge in [-0.3, -0.25) is 4.79 Å². The molecule has 2 rings (SSSR count). The zero-order valence-corrected chi connectivity index (χ0v) is 13.1. The van der Waals surface area contributed by atoms with E-state index in [1.54, 1.807) is 11.3 Å². The summed E-state index contributed by atoms with van der Waals surface area (Å²) < 4.78 is 1.95. The molecule has 0 fully saturated rings. The molecule has 0 bridgehead atoms. The van der Waals surface area contributed by atoms with Gasteiger partial charge in [0, 0.05) is 25.5 Å². The van der Waals surface area contributed by atoms with E-state index in [1.807, 2.05) is 47.3 Å². The number of thiazole rings is 1. The van der Waals surface area contributed by atoms with Gasteiger partial charge >= 0.3 is 0 Å². The predicted octanol–water partition coefficient (Wildman–Crippen LogP) is -1.23. The highest BCUT2D eigenvalue weighted by atomic mass is 79.9. The van der Waals surface area contributed by atoms with Gasteiger partial charge in [0.1, 0.15) is 0 Å². The lowest BCUT2D eigenvalue weighted by atomic mass is 10.1. The number of aromatic nitrogens is 1. The van der Waals surface area contributed by atoms with Crippen molar-refractivity contribution in [2.45, 2.75) is 19.9 Å². The summed E-state index contributed by atoms with van der Waals surface area (Å²) >= 11 is 1.59. The molecule has 0 aliphatic carbocycles. The monoisotopic (exact) mass is 341 g/mol. The minimum atomic E-state index is 0. The predicted molar refractivity (Wildman–Crippen MR) is 70.8 cm³/mol. The van der Waals surface area contributed by atoms with E-state index in [9.17, 15) is 4.79 Å². The van der Waals surface area contributed by atoms with Gasteiger partial charge in [-0.1, -0.05) is 41.7 Å². The average molecular weight is 342 g/mol. The summed E-state index contributed by atoms with van der Waals surface area (Å²) in [5, 5.41) is 8.94. The van der Waals surface area contributed by atoms with E-state index < -0.39 is 0 Å². The topological polar surface area (TPSA) is 41.2 Å². The van der Waals surface area contributed by atoms with E-state index in [-0.39, 0.29) is 29.4 Å². The normalized spacial score (nSPS) is 10.0. The molecule has 1 heterocycles. The Balaban J connectivity index is 0.00000180. The smallest absolute Gasteiger partial charge is 0.227 e. The molecule has 3 nitrogen and oxygen atoms in total. The van der Waals surface area contributed by atoms with Gasteiger partial charge in [-0.05, 0) is 0 Å². The zero-order valence-electron chi connectivity index (χ0n) is 10.7.